The molecule has 0 saturated carbocycles. The third kappa shape index (κ3) is 5.67. The molecule has 0 aliphatic rings. The highest BCUT2D eigenvalue weighted by molar-refractivity contribution is 7.09. The lowest BCUT2D eigenvalue weighted by atomic mass is 10.1. The largest absolute Gasteiger partial charge is 0.486 e. The monoisotopic (exact) mass is 408 g/mol. The molecule has 0 N–H and O–H groups in total. The SMILES string of the molecule is CCCN(Cc1csc(COc2ccc(C)c(C)c2)n1)C(=O)c1cccc(C)c1. The standard InChI is InChI=1S/C24H28N2O2S/c1-5-11-26(24(27)20-8-6-7-17(2)12-20)14-21-16-29-23(25-21)15-28-22-10-9-18(3)19(4)13-22/h6-10,12-13,16H,5,11,14-15H2,1-4H3. The van der Waals surface area contributed by atoms with Crippen molar-refractivity contribution in [3.8, 4) is 5.75 Å². The van der Waals surface area contributed by atoms with Crippen LogP contribution in [0.15, 0.2) is 47.8 Å². The van der Waals surface area contributed by atoms with Crippen molar-refractivity contribution in [2.75, 3.05) is 6.54 Å². The van der Waals surface area contributed by atoms with Crippen LogP contribution < -0.4 is 4.74 Å². The number of thiazole rings is 1. The van der Waals surface area contributed by atoms with Crippen LogP contribution in [0.3, 0.4) is 0 Å². The normalized spacial score (nSPS) is 10.8. The highest BCUT2D eigenvalue weighted by atomic mass is 32.1. The maximum Gasteiger partial charge on any atom is 0.254 e. The number of benzene rings is 2. The van der Waals surface area contributed by atoms with Gasteiger partial charge in [-0.1, -0.05) is 30.7 Å². The summed E-state index contributed by atoms with van der Waals surface area (Å²) in [5.41, 5.74) is 5.19. The Morgan fingerprint density at radius 1 is 1.10 bits per heavy atom. The minimum absolute atomic E-state index is 0.0523. The second-order valence-corrected chi connectivity index (χ2v) is 8.31. The molecule has 0 fully saturated rings. The summed E-state index contributed by atoms with van der Waals surface area (Å²) >= 11 is 1.57. The van der Waals surface area contributed by atoms with E-state index in [0.717, 1.165) is 34.0 Å². The van der Waals surface area contributed by atoms with Gasteiger partial charge in [0.05, 0.1) is 12.2 Å². The van der Waals surface area contributed by atoms with E-state index in [-0.39, 0.29) is 5.91 Å². The number of aryl methyl sites for hydroxylation is 3. The summed E-state index contributed by atoms with van der Waals surface area (Å²) in [6.07, 6.45) is 0.907. The average molecular weight is 409 g/mol. The molecule has 2 aromatic carbocycles. The Kier molecular flexibility index (Phi) is 7.04. The number of hydrogen-bond acceptors (Lipinski definition) is 4. The minimum Gasteiger partial charge on any atom is -0.486 e. The third-order valence-corrected chi connectivity index (χ3v) is 5.71. The summed E-state index contributed by atoms with van der Waals surface area (Å²) in [5.74, 6) is 0.906. The second kappa shape index (κ2) is 9.70. The topological polar surface area (TPSA) is 42.4 Å². The molecule has 1 amide bonds. The number of amides is 1. The van der Waals surface area contributed by atoms with E-state index < -0.39 is 0 Å². The molecule has 0 unspecified atom stereocenters. The van der Waals surface area contributed by atoms with Gasteiger partial charge in [-0.2, -0.15) is 0 Å². The van der Waals surface area contributed by atoms with E-state index >= 15 is 0 Å². The van der Waals surface area contributed by atoms with Gasteiger partial charge in [-0.15, -0.1) is 11.3 Å². The Balaban J connectivity index is 1.64. The predicted octanol–water partition coefficient (Wildman–Crippen LogP) is 5.70. The number of carbonyl (C=O) groups is 1. The summed E-state index contributed by atoms with van der Waals surface area (Å²) in [7, 11) is 0. The van der Waals surface area contributed by atoms with Crippen LogP contribution in [0.1, 0.15) is 51.1 Å². The van der Waals surface area contributed by atoms with Gasteiger partial charge in [0.15, 0.2) is 0 Å². The van der Waals surface area contributed by atoms with Gasteiger partial charge in [-0.25, -0.2) is 4.98 Å². The molecule has 0 aliphatic heterocycles. The quantitative estimate of drug-likeness (QED) is 0.480. The van der Waals surface area contributed by atoms with Crippen LogP contribution in [0.25, 0.3) is 0 Å². The van der Waals surface area contributed by atoms with Crippen molar-refractivity contribution in [3.63, 3.8) is 0 Å². The zero-order valence-corrected chi connectivity index (χ0v) is 18.4. The van der Waals surface area contributed by atoms with E-state index in [4.69, 9.17) is 4.74 Å². The van der Waals surface area contributed by atoms with Crippen molar-refractivity contribution in [2.24, 2.45) is 0 Å². The fourth-order valence-electron chi connectivity index (χ4n) is 3.12. The van der Waals surface area contributed by atoms with Crippen molar-refractivity contribution < 1.29 is 9.53 Å². The smallest absolute Gasteiger partial charge is 0.254 e. The highest BCUT2D eigenvalue weighted by Crippen LogP contribution is 2.20. The molecule has 3 rings (SSSR count). The van der Waals surface area contributed by atoms with Crippen LogP contribution in [0, 0.1) is 20.8 Å². The van der Waals surface area contributed by atoms with Gasteiger partial charge in [-0.3, -0.25) is 4.79 Å². The Bertz CT molecular complexity index is 981. The zero-order chi connectivity index (χ0) is 20.8. The van der Waals surface area contributed by atoms with Gasteiger partial charge < -0.3 is 9.64 Å². The Labute approximate surface area is 177 Å². The summed E-state index contributed by atoms with van der Waals surface area (Å²) < 4.78 is 5.89. The molecule has 152 valence electrons. The van der Waals surface area contributed by atoms with Crippen LogP contribution in [-0.4, -0.2) is 22.3 Å². The summed E-state index contributed by atoms with van der Waals surface area (Å²) in [6, 6.07) is 13.9. The van der Waals surface area contributed by atoms with Crippen LogP contribution in [0.2, 0.25) is 0 Å². The van der Waals surface area contributed by atoms with Gasteiger partial charge in [-0.05, 0) is 62.6 Å². The van der Waals surface area contributed by atoms with Crippen LogP contribution in [0.5, 0.6) is 5.75 Å². The summed E-state index contributed by atoms with van der Waals surface area (Å²) in [4.78, 5) is 19.5. The summed E-state index contributed by atoms with van der Waals surface area (Å²) in [6.45, 7) is 9.92. The molecule has 5 heteroatoms. The molecule has 0 radical (unpaired) electrons. The van der Waals surface area contributed by atoms with E-state index in [2.05, 4.69) is 31.8 Å². The molecular formula is C24H28N2O2S. The minimum atomic E-state index is 0.0523. The molecule has 3 aromatic rings. The first-order valence-electron chi connectivity index (χ1n) is 9.95. The maximum absolute atomic E-state index is 12.9. The number of aromatic nitrogens is 1. The first-order chi connectivity index (χ1) is 14.0. The van der Waals surface area contributed by atoms with E-state index in [1.54, 1.807) is 11.3 Å². The van der Waals surface area contributed by atoms with Crippen molar-refractivity contribution in [1.29, 1.82) is 0 Å². The molecule has 4 nitrogen and oxygen atoms in total. The molecule has 0 saturated heterocycles. The van der Waals surface area contributed by atoms with E-state index in [1.807, 2.05) is 53.6 Å². The van der Waals surface area contributed by atoms with E-state index in [9.17, 15) is 4.79 Å². The lowest BCUT2D eigenvalue weighted by Gasteiger charge is -2.21. The number of nitrogens with zero attached hydrogens (tertiary/aromatic N) is 2. The number of rotatable bonds is 8. The van der Waals surface area contributed by atoms with Crippen LogP contribution in [0.4, 0.5) is 0 Å². The molecule has 0 spiro atoms. The van der Waals surface area contributed by atoms with Crippen molar-refractivity contribution in [2.45, 2.75) is 47.3 Å². The molecule has 29 heavy (non-hydrogen) atoms. The molecular weight excluding hydrogens is 380 g/mol. The fourth-order valence-corrected chi connectivity index (χ4v) is 3.81. The third-order valence-electron chi connectivity index (χ3n) is 4.84. The number of hydrogen-bond donors (Lipinski definition) is 0. The molecule has 0 atom stereocenters. The van der Waals surface area contributed by atoms with Gasteiger partial charge in [0.2, 0.25) is 0 Å². The summed E-state index contributed by atoms with van der Waals surface area (Å²) in [5, 5.41) is 2.93. The fraction of sp³-hybridized carbons (Fsp3) is 0.333. The lowest BCUT2D eigenvalue weighted by molar-refractivity contribution is 0.0741. The highest BCUT2D eigenvalue weighted by Gasteiger charge is 2.17. The molecule has 1 heterocycles. The zero-order valence-electron chi connectivity index (χ0n) is 17.6. The second-order valence-electron chi connectivity index (χ2n) is 7.36. The van der Waals surface area contributed by atoms with Gasteiger partial charge in [0.25, 0.3) is 5.91 Å². The molecule has 0 bridgehead atoms. The first kappa shape index (κ1) is 21.1. The van der Waals surface area contributed by atoms with Gasteiger partial charge >= 0.3 is 0 Å². The predicted molar refractivity (Wildman–Crippen MR) is 119 cm³/mol. The average Bonchev–Trinajstić information content (AvgIpc) is 3.15. The van der Waals surface area contributed by atoms with Crippen molar-refractivity contribution in [3.05, 3.63) is 80.8 Å². The Hall–Kier alpha value is -2.66. The van der Waals surface area contributed by atoms with E-state index in [0.29, 0.717) is 19.7 Å². The number of carbonyl (C=O) groups excluding carboxylic acids is 1. The molecule has 0 aliphatic carbocycles. The van der Waals surface area contributed by atoms with Crippen LogP contribution in [-0.2, 0) is 13.2 Å². The van der Waals surface area contributed by atoms with Crippen molar-refractivity contribution >= 4 is 17.2 Å². The van der Waals surface area contributed by atoms with Crippen molar-refractivity contribution in [1.82, 2.24) is 9.88 Å². The first-order valence-corrected chi connectivity index (χ1v) is 10.8. The van der Waals surface area contributed by atoms with Gasteiger partial charge in [0.1, 0.15) is 17.4 Å². The Morgan fingerprint density at radius 2 is 1.93 bits per heavy atom. The van der Waals surface area contributed by atoms with Crippen LogP contribution >= 0.6 is 11.3 Å². The number of ether oxygens (including phenoxy) is 1. The van der Waals surface area contributed by atoms with Gasteiger partial charge in [0, 0.05) is 17.5 Å². The Morgan fingerprint density at radius 3 is 2.66 bits per heavy atom. The lowest BCUT2D eigenvalue weighted by Crippen LogP contribution is -2.31. The molecule has 1 aromatic heterocycles. The maximum atomic E-state index is 12.9. The van der Waals surface area contributed by atoms with E-state index in [1.165, 1.54) is 11.1 Å².